The molecule has 17 heavy (non-hydrogen) atoms. The predicted molar refractivity (Wildman–Crippen MR) is 69.4 cm³/mol. The summed E-state index contributed by atoms with van der Waals surface area (Å²) in [5.74, 6) is -0.0877. The van der Waals surface area contributed by atoms with Crippen LogP contribution in [0.4, 0.5) is 5.69 Å². The monoisotopic (exact) mass is 253 g/mol. The maximum atomic E-state index is 11.4. The van der Waals surface area contributed by atoms with Gasteiger partial charge in [-0.25, -0.2) is 0 Å². The molecule has 0 saturated carbocycles. The number of carbonyl (C=O) groups excluding carboxylic acids is 1. The van der Waals surface area contributed by atoms with Gasteiger partial charge in [-0.2, -0.15) is 11.8 Å². The third kappa shape index (κ3) is 5.40. The highest BCUT2D eigenvalue weighted by atomic mass is 32.2. The maximum absolute atomic E-state index is 11.4. The van der Waals surface area contributed by atoms with Crippen LogP contribution in [0.15, 0.2) is 24.3 Å². The highest BCUT2D eigenvalue weighted by Crippen LogP contribution is 2.10. The van der Waals surface area contributed by atoms with E-state index in [1.54, 1.807) is 36.0 Å². The topological polar surface area (TPSA) is 66.4 Å². The van der Waals surface area contributed by atoms with Crippen molar-refractivity contribution in [2.75, 3.05) is 17.3 Å². The summed E-state index contributed by atoms with van der Waals surface area (Å²) in [6.07, 6.45) is 2.44. The van der Waals surface area contributed by atoms with Gasteiger partial charge >= 0.3 is 5.97 Å². The summed E-state index contributed by atoms with van der Waals surface area (Å²) in [6.45, 7) is 0. The predicted octanol–water partition coefficient (Wildman–Crippen LogP) is 2.01. The Morgan fingerprint density at radius 3 is 2.47 bits per heavy atom. The molecule has 0 aromatic heterocycles. The Morgan fingerprint density at radius 2 is 1.94 bits per heavy atom. The van der Waals surface area contributed by atoms with Crippen molar-refractivity contribution < 1.29 is 14.7 Å². The molecule has 0 bridgehead atoms. The van der Waals surface area contributed by atoms with Crippen LogP contribution in [-0.4, -0.2) is 29.0 Å². The van der Waals surface area contributed by atoms with E-state index in [2.05, 4.69) is 5.32 Å². The lowest BCUT2D eigenvalue weighted by molar-refractivity contribution is -0.136. The first-order valence-corrected chi connectivity index (χ1v) is 6.60. The minimum absolute atomic E-state index is 0.000696. The van der Waals surface area contributed by atoms with Gasteiger partial charge in [0.15, 0.2) is 0 Å². The van der Waals surface area contributed by atoms with Crippen LogP contribution in [-0.2, 0) is 16.0 Å². The number of hydrogen-bond donors (Lipinski definition) is 2. The van der Waals surface area contributed by atoms with Crippen LogP contribution in [0.3, 0.4) is 0 Å². The fraction of sp³-hybridized carbons (Fsp3) is 0.333. The first-order chi connectivity index (χ1) is 8.11. The van der Waals surface area contributed by atoms with E-state index in [0.29, 0.717) is 12.1 Å². The fourth-order valence-corrected chi connectivity index (χ4v) is 1.69. The molecule has 2 N–H and O–H groups in total. The van der Waals surface area contributed by atoms with Crippen LogP contribution >= 0.6 is 11.8 Å². The second-order valence-electron chi connectivity index (χ2n) is 3.56. The quantitative estimate of drug-likeness (QED) is 0.813. The Bertz CT molecular complexity index is 389. The molecule has 4 nitrogen and oxygen atoms in total. The molecule has 0 atom stereocenters. The molecule has 92 valence electrons. The number of amides is 1. The molecule has 1 aromatic rings. The van der Waals surface area contributed by atoms with Crippen molar-refractivity contribution in [2.45, 2.75) is 12.8 Å². The number of carbonyl (C=O) groups is 2. The molecular weight excluding hydrogens is 238 g/mol. The zero-order valence-electron chi connectivity index (χ0n) is 9.60. The van der Waals surface area contributed by atoms with Gasteiger partial charge in [0.1, 0.15) is 0 Å². The van der Waals surface area contributed by atoms with Crippen LogP contribution in [0.25, 0.3) is 0 Å². The Hall–Kier alpha value is -1.49. The van der Waals surface area contributed by atoms with E-state index in [1.807, 2.05) is 6.26 Å². The number of anilines is 1. The lowest BCUT2D eigenvalue weighted by Gasteiger charge is -2.05. The molecule has 1 rings (SSSR count). The van der Waals surface area contributed by atoms with Gasteiger partial charge in [-0.05, 0) is 24.0 Å². The minimum atomic E-state index is -0.859. The van der Waals surface area contributed by atoms with E-state index in [1.165, 1.54) is 0 Å². The second kappa shape index (κ2) is 6.96. The van der Waals surface area contributed by atoms with Gasteiger partial charge in [0, 0.05) is 17.9 Å². The highest BCUT2D eigenvalue weighted by Gasteiger charge is 2.03. The van der Waals surface area contributed by atoms with Crippen molar-refractivity contribution in [3.05, 3.63) is 29.8 Å². The lowest BCUT2D eigenvalue weighted by atomic mass is 10.1. The molecule has 0 aliphatic rings. The number of aliphatic carboxylic acids is 1. The van der Waals surface area contributed by atoms with Crippen molar-refractivity contribution in [3.63, 3.8) is 0 Å². The van der Waals surface area contributed by atoms with Crippen LogP contribution in [0, 0.1) is 0 Å². The average molecular weight is 253 g/mol. The van der Waals surface area contributed by atoms with Crippen molar-refractivity contribution in [1.29, 1.82) is 0 Å². The average Bonchev–Trinajstić information content (AvgIpc) is 2.28. The third-order valence-corrected chi connectivity index (χ3v) is 2.74. The second-order valence-corrected chi connectivity index (χ2v) is 4.54. The summed E-state index contributed by atoms with van der Waals surface area (Å²) in [5.41, 5.74) is 1.42. The molecule has 0 aliphatic heterocycles. The van der Waals surface area contributed by atoms with E-state index < -0.39 is 5.97 Å². The molecule has 0 fully saturated rings. The molecular formula is C12H15NO3S. The lowest BCUT2D eigenvalue weighted by Crippen LogP contribution is -2.12. The van der Waals surface area contributed by atoms with Gasteiger partial charge in [-0.1, -0.05) is 12.1 Å². The Labute approximate surface area is 104 Å². The minimum Gasteiger partial charge on any atom is -0.481 e. The number of carboxylic acid groups (broad SMARTS) is 1. The Morgan fingerprint density at radius 1 is 1.29 bits per heavy atom. The Balaban J connectivity index is 2.50. The molecule has 5 heteroatoms. The number of benzene rings is 1. The van der Waals surface area contributed by atoms with Gasteiger partial charge < -0.3 is 10.4 Å². The zero-order chi connectivity index (χ0) is 12.7. The van der Waals surface area contributed by atoms with E-state index in [0.717, 1.165) is 11.3 Å². The van der Waals surface area contributed by atoms with Gasteiger partial charge in [-0.15, -0.1) is 0 Å². The van der Waals surface area contributed by atoms with Gasteiger partial charge in [0.2, 0.25) is 5.91 Å². The first kappa shape index (κ1) is 13.6. The number of nitrogens with one attached hydrogen (secondary N) is 1. The van der Waals surface area contributed by atoms with Crippen molar-refractivity contribution in [2.24, 2.45) is 0 Å². The van der Waals surface area contributed by atoms with E-state index in [-0.39, 0.29) is 12.3 Å². The highest BCUT2D eigenvalue weighted by molar-refractivity contribution is 7.98. The number of hydrogen-bond acceptors (Lipinski definition) is 3. The molecule has 0 saturated heterocycles. The molecule has 0 aliphatic carbocycles. The maximum Gasteiger partial charge on any atom is 0.307 e. The molecule has 0 spiro atoms. The number of carboxylic acids is 1. The van der Waals surface area contributed by atoms with Crippen molar-refractivity contribution >= 4 is 29.3 Å². The van der Waals surface area contributed by atoms with Gasteiger partial charge in [0.05, 0.1) is 6.42 Å². The largest absolute Gasteiger partial charge is 0.481 e. The number of rotatable bonds is 6. The standard InChI is InChI=1S/C12H15NO3S/c1-17-7-6-11(14)13-10-4-2-9(3-5-10)8-12(15)16/h2-5H,6-8H2,1H3,(H,13,14)(H,15,16). The first-order valence-electron chi connectivity index (χ1n) is 5.21. The summed E-state index contributed by atoms with van der Waals surface area (Å²) < 4.78 is 0. The van der Waals surface area contributed by atoms with Crippen molar-refractivity contribution in [3.8, 4) is 0 Å². The summed E-state index contributed by atoms with van der Waals surface area (Å²) in [6, 6.07) is 6.85. The van der Waals surface area contributed by atoms with Crippen LogP contribution < -0.4 is 5.32 Å². The molecule has 1 aromatic carbocycles. The van der Waals surface area contributed by atoms with E-state index >= 15 is 0 Å². The summed E-state index contributed by atoms with van der Waals surface area (Å²) in [7, 11) is 0. The fourth-order valence-electron chi connectivity index (χ4n) is 1.30. The Kier molecular flexibility index (Phi) is 5.56. The summed E-state index contributed by atoms with van der Waals surface area (Å²) in [5, 5.41) is 11.4. The third-order valence-electron chi connectivity index (χ3n) is 2.13. The zero-order valence-corrected chi connectivity index (χ0v) is 10.4. The normalized spacial score (nSPS) is 9.94. The van der Waals surface area contributed by atoms with E-state index in [4.69, 9.17) is 5.11 Å². The smallest absolute Gasteiger partial charge is 0.307 e. The molecule has 1 amide bonds. The molecule has 0 heterocycles. The van der Waals surface area contributed by atoms with Crippen LogP contribution in [0.2, 0.25) is 0 Å². The molecule has 0 radical (unpaired) electrons. The summed E-state index contributed by atoms with van der Waals surface area (Å²) >= 11 is 1.62. The van der Waals surface area contributed by atoms with Gasteiger partial charge in [0.25, 0.3) is 0 Å². The van der Waals surface area contributed by atoms with Crippen LogP contribution in [0.1, 0.15) is 12.0 Å². The summed E-state index contributed by atoms with van der Waals surface area (Å²) in [4.78, 5) is 21.9. The SMILES string of the molecule is CSCCC(=O)Nc1ccc(CC(=O)O)cc1. The van der Waals surface area contributed by atoms with Crippen LogP contribution in [0.5, 0.6) is 0 Å². The van der Waals surface area contributed by atoms with Crippen molar-refractivity contribution in [1.82, 2.24) is 0 Å². The number of thioether (sulfide) groups is 1. The van der Waals surface area contributed by atoms with Gasteiger partial charge in [-0.3, -0.25) is 9.59 Å². The molecule has 0 unspecified atom stereocenters. The van der Waals surface area contributed by atoms with E-state index in [9.17, 15) is 9.59 Å².